The molecule has 2 aromatic heterocycles. The Morgan fingerprint density at radius 2 is 2.41 bits per heavy atom. The number of nitrogens with two attached hydrogens (primary N) is 1. The van der Waals surface area contributed by atoms with Crippen molar-refractivity contribution in [2.45, 2.75) is 38.8 Å². The van der Waals surface area contributed by atoms with Crippen molar-refractivity contribution in [1.29, 1.82) is 0 Å². The fourth-order valence-corrected chi connectivity index (χ4v) is 3.29. The van der Waals surface area contributed by atoms with E-state index in [1.54, 1.807) is 11.3 Å². The highest BCUT2D eigenvalue weighted by molar-refractivity contribution is 7.09. The Bertz CT molecular complexity index is 527. The van der Waals surface area contributed by atoms with Crippen LogP contribution >= 0.6 is 11.3 Å². The molecule has 4 heteroatoms. The average Bonchev–Trinajstić information content (AvgIpc) is 2.86. The first kappa shape index (κ1) is 11.0. The minimum absolute atomic E-state index is 0.234. The lowest BCUT2D eigenvalue weighted by Crippen LogP contribution is -2.15. The van der Waals surface area contributed by atoms with Gasteiger partial charge in [0.1, 0.15) is 5.01 Å². The number of rotatable bonds is 2. The second kappa shape index (κ2) is 4.27. The largest absolute Gasteiger partial charge is 0.347 e. The molecule has 17 heavy (non-hydrogen) atoms. The summed E-state index contributed by atoms with van der Waals surface area (Å²) in [4.78, 5) is 4.50. The Morgan fingerprint density at radius 3 is 3.12 bits per heavy atom. The number of fused-ring (bicyclic) bond motifs is 1. The molecule has 1 aliphatic rings. The number of nitrogens with zero attached hydrogens (tertiary/aromatic N) is 2. The van der Waals surface area contributed by atoms with Gasteiger partial charge in [-0.3, -0.25) is 0 Å². The van der Waals surface area contributed by atoms with Gasteiger partial charge >= 0.3 is 0 Å². The molecule has 0 saturated heterocycles. The molecule has 0 amide bonds. The van der Waals surface area contributed by atoms with E-state index in [2.05, 4.69) is 27.3 Å². The van der Waals surface area contributed by atoms with E-state index in [1.807, 2.05) is 6.92 Å². The standard InChI is InChI=1S/C13H17N3S/c1-9-8-17-13(15-9)7-16-5-10-3-2-4-12(14)11(10)6-16/h5-6,8,12H,2-4,7,14H2,1H3. The van der Waals surface area contributed by atoms with Crippen molar-refractivity contribution in [3.05, 3.63) is 39.6 Å². The van der Waals surface area contributed by atoms with Crippen LogP contribution in [0.1, 0.15) is 40.7 Å². The van der Waals surface area contributed by atoms with Gasteiger partial charge in [-0.15, -0.1) is 11.3 Å². The molecule has 3 rings (SSSR count). The summed E-state index contributed by atoms with van der Waals surface area (Å²) in [5, 5.41) is 3.27. The second-order valence-corrected chi connectivity index (χ2v) is 5.74. The van der Waals surface area contributed by atoms with E-state index in [-0.39, 0.29) is 6.04 Å². The first-order chi connectivity index (χ1) is 8.22. The molecule has 3 nitrogen and oxygen atoms in total. The molecule has 1 atom stereocenters. The number of aryl methyl sites for hydroxylation is 2. The molecule has 1 unspecified atom stereocenters. The van der Waals surface area contributed by atoms with Gasteiger partial charge in [0, 0.05) is 29.5 Å². The summed E-state index contributed by atoms with van der Waals surface area (Å²) < 4.78 is 2.23. The molecule has 0 saturated carbocycles. The van der Waals surface area contributed by atoms with E-state index in [0.717, 1.165) is 18.7 Å². The molecule has 2 aromatic rings. The van der Waals surface area contributed by atoms with Crippen LogP contribution in [0, 0.1) is 6.92 Å². The summed E-state index contributed by atoms with van der Waals surface area (Å²) >= 11 is 1.73. The third kappa shape index (κ3) is 2.15. The summed E-state index contributed by atoms with van der Waals surface area (Å²) in [6, 6.07) is 0.234. The van der Waals surface area contributed by atoms with Gasteiger partial charge in [-0.2, -0.15) is 0 Å². The summed E-state index contributed by atoms with van der Waals surface area (Å²) in [6.07, 6.45) is 7.95. The normalized spacial score (nSPS) is 19.3. The van der Waals surface area contributed by atoms with Crippen LogP contribution in [0.25, 0.3) is 0 Å². The topological polar surface area (TPSA) is 43.8 Å². The van der Waals surface area contributed by atoms with Crippen molar-refractivity contribution in [3.8, 4) is 0 Å². The van der Waals surface area contributed by atoms with Crippen molar-refractivity contribution in [2.75, 3.05) is 0 Å². The molecule has 0 aromatic carbocycles. The van der Waals surface area contributed by atoms with Crippen LogP contribution in [0.5, 0.6) is 0 Å². The van der Waals surface area contributed by atoms with Crippen molar-refractivity contribution in [3.63, 3.8) is 0 Å². The van der Waals surface area contributed by atoms with Crippen LogP contribution in [0.4, 0.5) is 0 Å². The van der Waals surface area contributed by atoms with Crippen LogP contribution in [-0.2, 0) is 13.0 Å². The van der Waals surface area contributed by atoms with E-state index < -0.39 is 0 Å². The second-order valence-electron chi connectivity index (χ2n) is 4.79. The highest BCUT2D eigenvalue weighted by Gasteiger charge is 2.18. The fraction of sp³-hybridized carbons (Fsp3) is 0.462. The summed E-state index contributed by atoms with van der Waals surface area (Å²) in [6.45, 7) is 2.91. The number of thiazole rings is 1. The molecule has 0 fully saturated rings. The predicted molar refractivity (Wildman–Crippen MR) is 70.3 cm³/mol. The van der Waals surface area contributed by atoms with E-state index in [0.29, 0.717) is 0 Å². The van der Waals surface area contributed by atoms with E-state index >= 15 is 0 Å². The van der Waals surface area contributed by atoms with Crippen LogP contribution in [-0.4, -0.2) is 9.55 Å². The first-order valence-corrected chi connectivity index (χ1v) is 6.95. The monoisotopic (exact) mass is 247 g/mol. The van der Waals surface area contributed by atoms with Gasteiger partial charge in [0.15, 0.2) is 0 Å². The van der Waals surface area contributed by atoms with E-state index in [4.69, 9.17) is 5.73 Å². The zero-order chi connectivity index (χ0) is 11.8. The maximum atomic E-state index is 6.13. The zero-order valence-corrected chi connectivity index (χ0v) is 10.8. The minimum Gasteiger partial charge on any atom is -0.347 e. The van der Waals surface area contributed by atoms with E-state index in [9.17, 15) is 0 Å². The van der Waals surface area contributed by atoms with Gasteiger partial charge in [0.05, 0.1) is 6.54 Å². The van der Waals surface area contributed by atoms with Crippen LogP contribution in [0.15, 0.2) is 17.8 Å². The van der Waals surface area contributed by atoms with Gasteiger partial charge in [-0.25, -0.2) is 4.98 Å². The van der Waals surface area contributed by atoms with Gasteiger partial charge in [-0.1, -0.05) is 0 Å². The Morgan fingerprint density at radius 1 is 1.53 bits per heavy atom. The molecule has 0 radical (unpaired) electrons. The molecule has 2 N–H and O–H groups in total. The summed E-state index contributed by atoms with van der Waals surface area (Å²) in [7, 11) is 0. The predicted octanol–water partition coefficient (Wildman–Crippen LogP) is 2.64. The molecule has 1 aliphatic carbocycles. The smallest absolute Gasteiger partial charge is 0.113 e. The molecule has 0 spiro atoms. The molecular formula is C13H17N3S. The number of hydrogen-bond acceptors (Lipinski definition) is 3. The van der Waals surface area contributed by atoms with Crippen molar-refractivity contribution < 1.29 is 0 Å². The molecular weight excluding hydrogens is 230 g/mol. The lowest BCUT2D eigenvalue weighted by molar-refractivity contribution is 0.573. The van der Waals surface area contributed by atoms with Gasteiger partial charge in [-0.05, 0) is 37.3 Å². The third-order valence-electron chi connectivity index (χ3n) is 3.34. The lowest BCUT2D eigenvalue weighted by atomic mass is 9.92. The SMILES string of the molecule is Cc1csc(Cn2cc3c(c2)C(N)CCC3)n1. The summed E-state index contributed by atoms with van der Waals surface area (Å²) in [5.41, 5.74) is 10.0. The quantitative estimate of drug-likeness (QED) is 0.886. The molecule has 2 heterocycles. The molecule has 90 valence electrons. The van der Waals surface area contributed by atoms with Crippen LogP contribution in [0.3, 0.4) is 0 Å². The van der Waals surface area contributed by atoms with Crippen molar-refractivity contribution in [1.82, 2.24) is 9.55 Å². The Hall–Kier alpha value is -1.13. The molecule has 0 aliphatic heterocycles. The average molecular weight is 247 g/mol. The fourth-order valence-electron chi connectivity index (χ4n) is 2.51. The number of aromatic nitrogens is 2. The maximum Gasteiger partial charge on any atom is 0.113 e. The van der Waals surface area contributed by atoms with Crippen molar-refractivity contribution >= 4 is 11.3 Å². The highest BCUT2D eigenvalue weighted by Crippen LogP contribution is 2.29. The first-order valence-electron chi connectivity index (χ1n) is 6.07. The minimum atomic E-state index is 0.234. The zero-order valence-electron chi connectivity index (χ0n) is 10.0. The highest BCUT2D eigenvalue weighted by atomic mass is 32.1. The van der Waals surface area contributed by atoms with Gasteiger partial charge in [0.25, 0.3) is 0 Å². The number of hydrogen-bond donors (Lipinski definition) is 1. The molecule has 0 bridgehead atoms. The maximum absolute atomic E-state index is 6.13. The van der Waals surface area contributed by atoms with Gasteiger partial charge < -0.3 is 10.3 Å². The third-order valence-corrected chi connectivity index (χ3v) is 4.29. The Labute approximate surface area is 105 Å². The van der Waals surface area contributed by atoms with Crippen LogP contribution < -0.4 is 5.73 Å². The van der Waals surface area contributed by atoms with Crippen LogP contribution in [0.2, 0.25) is 0 Å². The summed E-state index contributed by atoms with van der Waals surface area (Å²) in [5.74, 6) is 0. The van der Waals surface area contributed by atoms with Gasteiger partial charge in [0.2, 0.25) is 0 Å². The Balaban J connectivity index is 1.85. The lowest BCUT2D eigenvalue weighted by Gasteiger charge is -2.17. The Kier molecular flexibility index (Phi) is 2.76. The van der Waals surface area contributed by atoms with E-state index in [1.165, 1.54) is 29.0 Å². The van der Waals surface area contributed by atoms with Crippen molar-refractivity contribution in [2.24, 2.45) is 5.73 Å².